The van der Waals surface area contributed by atoms with Crippen LogP contribution < -0.4 is 16.0 Å². The van der Waals surface area contributed by atoms with E-state index in [1.165, 1.54) is 64.2 Å². The maximum absolute atomic E-state index is 9.36. The van der Waals surface area contributed by atoms with Crippen LogP contribution in [0.3, 0.4) is 0 Å². The highest BCUT2D eigenvalue weighted by atomic mass is 16.5. The number of nitrogens with zero attached hydrogens (tertiary/aromatic N) is 1. The quantitative estimate of drug-likeness (QED) is 0.172. The molecule has 7 rings (SSSR count). The van der Waals surface area contributed by atoms with Crippen molar-refractivity contribution < 1.29 is 4.74 Å². The van der Waals surface area contributed by atoms with E-state index in [1.807, 2.05) is 12.2 Å². The fraction of sp³-hybridized carbons (Fsp3) is 0.634. The van der Waals surface area contributed by atoms with E-state index in [4.69, 9.17) is 4.74 Å². The first-order valence-electron chi connectivity index (χ1n) is 18.8. The zero-order chi connectivity index (χ0) is 31.1. The molecular weight excluding hydrogens is 564 g/mol. The largest absolute Gasteiger partial charge is 0.358 e. The number of hydrogen-bond donors (Lipinski definition) is 3. The Hall–Kier alpha value is -2.49. The Labute approximate surface area is 278 Å². The Morgan fingerprint density at radius 3 is 2.61 bits per heavy atom. The molecule has 46 heavy (non-hydrogen) atoms. The van der Waals surface area contributed by atoms with Crippen molar-refractivity contribution in [2.45, 2.75) is 108 Å². The molecule has 6 aliphatic carbocycles. The van der Waals surface area contributed by atoms with Crippen molar-refractivity contribution in [3.05, 3.63) is 84.1 Å². The van der Waals surface area contributed by atoms with Gasteiger partial charge in [0.2, 0.25) is 0 Å². The van der Waals surface area contributed by atoms with Gasteiger partial charge in [-0.15, -0.1) is 0 Å². The minimum absolute atomic E-state index is 0.0303. The monoisotopic (exact) mass is 620 g/mol. The molecule has 3 N–H and O–H groups in total. The molecule has 2 fully saturated rings. The topological polar surface area (TPSA) is 69.1 Å². The number of fused-ring (bicyclic) bond motifs is 1. The lowest BCUT2D eigenvalue weighted by Gasteiger charge is -2.36. The summed E-state index contributed by atoms with van der Waals surface area (Å²) in [5, 5.41) is 21.2. The standard InChI is InChI=1S/C41H56N4O/c42-26-31-12-7-13-37(24-31)41-45-38-25-36(22-23-39(38)46-41)34-16-14-32(15-17-34)33-18-20-35(21-19-33)40(43-27-29-8-3-1-4-9-29)44-28-30-10-5-2-6-11-30/h1,3,5,7,10,12-14,16-18,20,29-30,32-33,35-41,43-45H,2,4,6,8-9,11,15,19,21-25,27-28H2. The minimum Gasteiger partial charge on any atom is -0.358 e. The van der Waals surface area contributed by atoms with E-state index in [1.54, 1.807) is 5.57 Å². The van der Waals surface area contributed by atoms with Gasteiger partial charge < -0.3 is 15.4 Å². The molecule has 1 aliphatic heterocycles. The molecule has 0 bridgehead atoms. The summed E-state index contributed by atoms with van der Waals surface area (Å²) in [7, 11) is 0. The highest BCUT2D eigenvalue weighted by molar-refractivity contribution is 5.31. The Bertz CT molecular complexity index is 1300. The van der Waals surface area contributed by atoms with Gasteiger partial charge in [-0.25, -0.2) is 0 Å². The predicted octanol–water partition coefficient (Wildman–Crippen LogP) is 7.80. The Balaban J connectivity index is 0.900. The lowest BCUT2D eigenvalue weighted by Crippen LogP contribution is -2.50. The van der Waals surface area contributed by atoms with Gasteiger partial charge in [-0.2, -0.15) is 5.26 Å². The number of nitrogens with one attached hydrogen (secondary N) is 3. The van der Waals surface area contributed by atoms with Gasteiger partial charge in [-0.05, 0) is 131 Å². The molecule has 11 unspecified atom stereocenters. The molecule has 0 radical (unpaired) electrons. The third-order valence-electron chi connectivity index (χ3n) is 12.1. The summed E-state index contributed by atoms with van der Waals surface area (Å²) in [6.07, 6.45) is 44.8. The molecule has 1 saturated heterocycles. The SMILES string of the molecule is N#CC1=CC=CC(C2NC3CC(C4=CCC(C5C=CC(C(NCC6C=CCCC6)NCC6CC=CCC6)CC5)C=C4)CCC3O2)C1. The maximum atomic E-state index is 9.36. The third-order valence-corrected chi connectivity index (χ3v) is 12.1. The van der Waals surface area contributed by atoms with Crippen LogP contribution in [0.1, 0.15) is 83.5 Å². The highest BCUT2D eigenvalue weighted by Crippen LogP contribution is 2.41. The number of rotatable bonds is 10. The van der Waals surface area contributed by atoms with Gasteiger partial charge in [0.25, 0.3) is 0 Å². The van der Waals surface area contributed by atoms with Crippen LogP contribution in [0.15, 0.2) is 84.1 Å². The van der Waals surface area contributed by atoms with Gasteiger partial charge in [-0.1, -0.05) is 66.8 Å². The first-order valence-corrected chi connectivity index (χ1v) is 18.8. The second-order valence-corrected chi connectivity index (χ2v) is 15.3. The summed E-state index contributed by atoms with van der Waals surface area (Å²) in [6.45, 7) is 2.21. The molecule has 5 heteroatoms. The second kappa shape index (κ2) is 15.6. The van der Waals surface area contributed by atoms with E-state index < -0.39 is 0 Å². The lowest BCUT2D eigenvalue weighted by molar-refractivity contribution is 0.00162. The van der Waals surface area contributed by atoms with E-state index in [0.717, 1.165) is 43.8 Å². The van der Waals surface area contributed by atoms with Crippen molar-refractivity contribution in [3.8, 4) is 6.07 Å². The Morgan fingerprint density at radius 2 is 1.83 bits per heavy atom. The van der Waals surface area contributed by atoms with E-state index >= 15 is 0 Å². The molecule has 0 aromatic heterocycles. The summed E-state index contributed by atoms with van der Waals surface area (Å²) in [5.41, 5.74) is 2.40. The number of hydrogen-bond acceptors (Lipinski definition) is 5. The van der Waals surface area contributed by atoms with Gasteiger partial charge in [0.05, 0.1) is 18.3 Å². The van der Waals surface area contributed by atoms with Crippen LogP contribution >= 0.6 is 0 Å². The van der Waals surface area contributed by atoms with Crippen molar-refractivity contribution in [2.75, 3.05) is 13.1 Å². The molecule has 246 valence electrons. The molecule has 0 aromatic rings. The fourth-order valence-corrected chi connectivity index (χ4v) is 9.25. The predicted molar refractivity (Wildman–Crippen MR) is 187 cm³/mol. The van der Waals surface area contributed by atoms with Crippen LogP contribution in [0.5, 0.6) is 0 Å². The Kier molecular flexibility index (Phi) is 10.9. The highest BCUT2D eigenvalue weighted by Gasteiger charge is 2.42. The van der Waals surface area contributed by atoms with E-state index in [9.17, 15) is 5.26 Å². The molecular formula is C41H56N4O. The van der Waals surface area contributed by atoms with Gasteiger partial charge in [0, 0.05) is 30.0 Å². The molecule has 11 atom stereocenters. The molecule has 0 spiro atoms. The van der Waals surface area contributed by atoms with Crippen LogP contribution in [0.25, 0.3) is 0 Å². The summed E-state index contributed by atoms with van der Waals surface area (Å²) >= 11 is 0. The zero-order valence-electron chi connectivity index (χ0n) is 27.7. The molecule has 1 heterocycles. The van der Waals surface area contributed by atoms with Crippen molar-refractivity contribution in [1.29, 1.82) is 5.26 Å². The number of nitriles is 1. The molecule has 0 aromatic carbocycles. The summed E-state index contributed by atoms with van der Waals surface area (Å²) in [5.74, 6) is 4.16. The normalized spacial score (nSPS) is 39.4. The summed E-state index contributed by atoms with van der Waals surface area (Å²) < 4.78 is 6.49. The van der Waals surface area contributed by atoms with Gasteiger partial charge in [0.1, 0.15) is 6.23 Å². The van der Waals surface area contributed by atoms with Crippen LogP contribution in [0, 0.1) is 52.8 Å². The molecule has 7 aliphatic rings. The smallest absolute Gasteiger partial charge is 0.115 e. The number of ether oxygens (including phenoxy) is 1. The van der Waals surface area contributed by atoms with Gasteiger partial charge in [-0.3, -0.25) is 5.32 Å². The van der Waals surface area contributed by atoms with Crippen LogP contribution in [-0.2, 0) is 4.74 Å². The fourth-order valence-electron chi connectivity index (χ4n) is 9.25. The van der Waals surface area contributed by atoms with Gasteiger partial charge in [0.15, 0.2) is 0 Å². The molecule has 5 nitrogen and oxygen atoms in total. The van der Waals surface area contributed by atoms with Crippen molar-refractivity contribution in [2.24, 2.45) is 41.4 Å². The Morgan fingerprint density at radius 1 is 0.870 bits per heavy atom. The van der Waals surface area contributed by atoms with E-state index in [-0.39, 0.29) is 12.1 Å². The van der Waals surface area contributed by atoms with Crippen molar-refractivity contribution in [1.82, 2.24) is 16.0 Å². The summed E-state index contributed by atoms with van der Waals surface area (Å²) in [6, 6.07) is 2.75. The first-order chi connectivity index (χ1) is 22.7. The minimum atomic E-state index is 0.0303. The summed E-state index contributed by atoms with van der Waals surface area (Å²) in [4.78, 5) is 0. The number of allylic oxidation sites excluding steroid dienone is 11. The van der Waals surface area contributed by atoms with Crippen LogP contribution in [-0.4, -0.2) is 37.6 Å². The lowest BCUT2D eigenvalue weighted by atomic mass is 9.74. The average molecular weight is 621 g/mol. The van der Waals surface area contributed by atoms with Crippen molar-refractivity contribution in [3.63, 3.8) is 0 Å². The first kappa shape index (κ1) is 32.1. The maximum Gasteiger partial charge on any atom is 0.115 e. The van der Waals surface area contributed by atoms with E-state index in [0.29, 0.717) is 47.9 Å². The van der Waals surface area contributed by atoms with E-state index in [2.05, 4.69) is 82.8 Å². The third kappa shape index (κ3) is 7.96. The van der Waals surface area contributed by atoms with Crippen molar-refractivity contribution >= 4 is 0 Å². The van der Waals surface area contributed by atoms with Gasteiger partial charge >= 0.3 is 0 Å². The molecule has 0 amide bonds. The second-order valence-electron chi connectivity index (χ2n) is 15.3. The van der Waals surface area contributed by atoms with Crippen LogP contribution in [0.2, 0.25) is 0 Å². The molecule has 1 saturated carbocycles. The van der Waals surface area contributed by atoms with Crippen LogP contribution in [0.4, 0.5) is 0 Å². The average Bonchev–Trinajstić information content (AvgIpc) is 3.57. The zero-order valence-corrected chi connectivity index (χ0v) is 27.7.